The zero-order chi connectivity index (χ0) is 22.8. The number of hydrogen-bond donors (Lipinski definition) is 1. The molecule has 5 aromatic rings. The van der Waals surface area contributed by atoms with Crippen LogP contribution in [0.4, 0.5) is 0 Å². The third kappa shape index (κ3) is 4.24. The van der Waals surface area contributed by atoms with Crippen LogP contribution in [-0.2, 0) is 11.3 Å². The Labute approximate surface area is 192 Å². The van der Waals surface area contributed by atoms with Crippen molar-refractivity contribution >= 4 is 28.5 Å². The van der Waals surface area contributed by atoms with Gasteiger partial charge in [-0.2, -0.15) is 0 Å². The van der Waals surface area contributed by atoms with Gasteiger partial charge in [-0.25, -0.2) is 19.4 Å². The van der Waals surface area contributed by atoms with Crippen LogP contribution in [-0.4, -0.2) is 30.7 Å². The lowest BCUT2D eigenvalue weighted by Gasteiger charge is -2.05. The Morgan fingerprint density at radius 3 is 2.45 bits per heavy atom. The zero-order valence-corrected chi connectivity index (χ0v) is 17.9. The van der Waals surface area contributed by atoms with E-state index in [1.807, 2.05) is 60.7 Å². The van der Waals surface area contributed by atoms with Crippen LogP contribution in [0.25, 0.3) is 28.0 Å². The molecule has 8 nitrogen and oxygen atoms in total. The van der Waals surface area contributed by atoms with Crippen molar-refractivity contribution < 1.29 is 9.53 Å². The molecule has 0 radical (unpaired) electrons. The van der Waals surface area contributed by atoms with E-state index in [4.69, 9.17) is 16.3 Å². The summed E-state index contributed by atoms with van der Waals surface area (Å²) in [6.07, 6.45) is 0. The summed E-state index contributed by atoms with van der Waals surface area (Å²) in [5.41, 5.74) is 1.61. The van der Waals surface area contributed by atoms with Crippen molar-refractivity contribution in [2.24, 2.45) is 0 Å². The summed E-state index contributed by atoms with van der Waals surface area (Å²) in [5.74, 6) is -0.158. The van der Waals surface area contributed by atoms with Crippen LogP contribution >= 0.6 is 11.6 Å². The minimum absolute atomic E-state index is 0.108. The third-order valence-corrected chi connectivity index (χ3v) is 5.12. The van der Waals surface area contributed by atoms with Gasteiger partial charge in [-0.1, -0.05) is 60.1 Å². The summed E-state index contributed by atoms with van der Waals surface area (Å²) in [7, 11) is 0. The van der Waals surface area contributed by atoms with Gasteiger partial charge in [-0.05, 0) is 30.3 Å². The van der Waals surface area contributed by atoms with E-state index in [0.29, 0.717) is 21.7 Å². The summed E-state index contributed by atoms with van der Waals surface area (Å²) < 4.78 is 6.93. The zero-order valence-electron chi connectivity index (χ0n) is 17.1. The second-order valence-electron chi connectivity index (χ2n) is 7.12. The van der Waals surface area contributed by atoms with Gasteiger partial charge >= 0.3 is 5.97 Å². The van der Waals surface area contributed by atoms with E-state index in [1.54, 1.807) is 22.9 Å². The van der Waals surface area contributed by atoms with Crippen LogP contribution in [0.1, 0.15) is 16.4 Å². The first-order valence-corrected chi connectivity index (χ1v) is 10.4. The molecule has 0 aliphatic rings. The molecule has 0 fully saturated rings. The van der Waals surface area contributed by atoms with E-state index in [-0.39, 0.29) is 23.8 Å². The van der Waals surface area contributed by atoms with Crippen molar-refractivity contribution in [2.45, 2.75) is 6.61 Å². The molecule has 1 N–H and O–H groups in total. The number of halogens is 1. The normalized spacial score (nSPS) is 10.9. The van der Waals surface area contributed by atoms with Gasteiger partial charge < -0.3 is 9.72 Å². The third-order valence-electron chi connectivity index (χ3n) is 4.88. The molecule has 0 amide bonds. The first-order valence-electron chi connectivity index (χ1n) is 10.0. The van der Waals surface area contributed by atoms with Crippen LogP contribution in [0.3, 0.4) is 0 Å². The van der Waals surface area contributed by atoms with Gasteiger partial charge in [-0.15, -0.1) is 5.10 Å². The van der Waals surface area contributed by atoms with E-state index in [0.717, 1.165) is 11.3 Å². The predicted octanol–water partition coefficient (Wildman–Crippen LogP) is 4.18. The molecular weight excluding hydrogens is 442 g/mol. The Hall–Kier alpha value is -4.30. The molecule has 2 heterocycles. The fourth-order valence-corrected chi connectivity index (χ4v) is 3.52. The van der Waals surface area contributed by atoms with Crippen molar-refractivity contribution in [1.82, 2.24) is 24.7 Å². The number of H-pyrrole nitrogens is 1. The second kappa shape index (κ2) is 8.68. The summed E-state index contributed by atoms with van der Waals surface area (Å²) in [4.78, 5) is 36.4. The molecule has 0 aliphatic carbocycles. The number of aromatic nitrogens is 5. The predicted molar refractivity (Wildman–Crippen MR) is 123 cm³/mol. The minimum Gasteiger partial charge on any atom is -0.452 e. The number of fused-ring (bicyclic) bond motifs is 1. The van der Waals surface area contributed by atoms with Gasteiger partial charge in [0.1, 0.15) is 12.4 Å². The number of hydrogen-bond acceptors (Lipinski definition) is 6. The summed E-state index contributed by atoms with van der Waals surface area (Å²) >= 11 is 5.99. The molecule has 0 saturated heterocycles. The minimum atomic E-state index is -0.740. The van der Waals surface area contributed by atoms with Crippen LogP contribution in [0.2, 0.25) is 5.02 Å². The maximum Gasteiger partial charge on any atom is 0.378 e. The number of carbonyl (C=O) groups is 1. The Morgan fingerprint density at radius 2 is 1.70 bits per heavy atom. The maximum absolute atomic E-state index is 12.7. The van der Waals surface area contributed by atoms with Crippen LogP contribution in [0.15, 0.2) is 83.7 Å². The summed E-state index contributed by atoms with van der Waals surface area (Å²) in [6, 6.07) is 23.6. The van der Waals surface area contributed by atoms with Crippen LogP contribution < -0.4 is 5.56 Å². The first kappa shape index (κ1) is 20.6. The Kier molecular flexibility index (Phi) is 5.42. The summed E-state index contributed by atoms with van der Waals surface area (Å²) in [6.45, 7) is -0.253. The number of ether oxygens (including phenoxy) is 1. The van der Waals surface area contributed by atoms with Gasteiger partial charge in [0, 0.05) is 10.6 Å². The molecule has 5 rings (SSSR count). The van der Waals surface area contributed by atoms with Crippen LogP contribution in [0.5, 0.6) is 0 Å². The number of rotatable bonds is 5. The second-order valence-corrected chi connectivity index (χ2v) is 7.56. The molecule has 2 aromatic heterocycles. The number of nitrogens with one attached hydrogen (secondary N) is 1. The van der Waals surface area contributed by atoms with Crippen molar-refractivity contribution in [3.05, 3.63) is 106 Å². The molecule has 33 heavy (non-hydrogen) atoms. The highest BCUT2D eigenvalue weighted by molar-refractivity contribution is 6.31. The molecule has 0 saturated carbocycles. The number of carbonyl (C=O) groups excluding carboxylic acids is 1. The molecule has 0 atom stereocenters. The fourth-order valence-electron chi connectivity index (χ4n) is 3.35. The van der Waals surface area contributed by atoms with E-state index in [1.165, 1.54) is 0 Å². The molecule has 0 unspecified atom stereocenters. The monoisotopic (exact) mass is 457 g/mol. The number of nitrogens with zero attached hydrogens (tertiary/aromatic N) is 4. The Morgan fingerprint density at radius 1 is 0.970 bits per heavy atom. The standard InChI is InChI=1S/C24H16ClN5O3/c25-16-11-12-18-19(13-16)26-20(27-23(18)31)14-33-24(32)21-28-22(15-7-3-1-4-8-15)30(29-21)17-9-5-2-6-10-17/h1-13H,14H2,(H,26,27,31). The van der Waals surface area contributed by atoms with Crippen molar-refractivity contribution in [2.75, 3.05) is 0 Å². The fraction of sp³-hybridized carbons (Fsp3) is 0.0417. The SMILES string of the molecule is O=C(OCc1nc2cc(Cl)ccc2c(=O)[nH]1)c1nc(-c2ccccc2)n(-c2ccccc2)n1. The molecule has 0 spiro atoms. The highest BCUT2D eigenvalue weighted by Crippen LogP contribution is 2.21. The number of benzene rings is 3. The summed E-state index contributed by atoms with van der Waals surface area (Å²) in [5, 5.41) is 5.21. The van der Waals surface area contributed by atoms with Crippen LogP contribution in [0, 0.1) is 0 Å². The van der Waals surface area contributed by atoms with Crippen molar-refractivity contribution in [3.8, 4) is 17.1 Å². The molecule has 9 heteroatoms. The van der Waals surface area contributed by atoms with E-state index < -0.39 is 5.97 Å². The lowest BCUT2D eigenvalue weighted by Crippen LogP contribution is -2.15. The quantitative estimate of drug-likeness (QED) is 0.397. The smallest absolute Gasteiger partial charge is 0.378 e. The lowest BCUT2D eigenvalue weighted by molar-refractivity contribution is 0.0448. The van der Waals surface area contributed by atoms with E-state index in [2.05, 4.69) is 20.1 Å². The molecule has 3 aromatic carbocycles. The lowest BCUT2D eigenvalue weighted by atomic mass is 10.2. The van der Waals surface area contributed by atoms with Gasteiger partial charge in [0.2, 0.25) is 0 Å². The van der Waals surface area contributed by atoms with Crippen molar-refractivity contribution in [1.29, 1.82) is 0 Å². The van der Waals surface area contributed by atoms with Gasteiger partial charge in [0.05, 0.1) is 16.6 Å². The van der Waals surface area contributed by atoms with Gasteiger partial charge in [-0.3, -0.25) is 4.79 Å². The average Bonchev–Trinajstić information content (AvgIpc) is 3.29. The van der Waals surface area contributed by atoms with Crippen molar-refractivity contribution in [3.63, 3.8) is 0 Å². The highest BCUT2D eigenvalue weighted by atomic mass is 35.5. The first-order chi connectivity index (χ1) is 16.1. The van der Waals surface area contributed by atoms with Gasteiger partial charge in [0.15, 0.2) is 5.82 Å². The van der Waals surface area contributed by atoms with E-state index >= 15 is 0 Å². The maximum atomic E-state index is 12.7. The Balaban J connectivity index is 1.44. The molecule has 162 valence electrons. The molecule has 0 bridgehead atoms. The molecule has 0 aliphatic heterocycles. The number of esters is 1. The number of aromatic amines is 1. The highest BCUT2D eigenvalue weighted by Gasteiger charge is 2.20. The van der Waals surface area contributed by atoms with Gasteiger partial charge in [0.25, 0.3) is 11.4 Å². The van der Waals surface area contributed by atoms with E-state index in [9.17, 15) is 9.59 Å². The molecular formula is C24H16ClN5O3. The average molecular weight is 458 g/mol. The topological polar surface area (TPSA) is 103 Å². The largest absolute Gasteiger partial charge is 0.452 e. The Bertz CT molecular complexity index is 1460. The number of para-hydroxylation sites is 1.